The van der Waals surface area contributed by atoms with Crippen LogP contribution in [0.15, 0.2) is 235 Å². The van der Waals surface area contributed by atoms with Crippen molar-refractivity contribution in [2.24, 2.45) is 0 Å². The fourth-order valence-corrected chi connectivity index (χ4v) is 10.1. The maximum Gasteiger partial charge on any atom is 0.136 e. The van der Waals surface area contributed by atoms with Crippen LogP contribution in [-0.2, 0) is 0 Å². The van der Waals surface area contributed by atoms with Crippen LogP contribution in [0.4, 0.5) is 17.1 Å². The zero-order valence-corrected chi connectivity index (χ0v) is 34.2. The molecule has 63 heavy (non-hydrogen) atoms. The molecule has 0 saturated carbocycles. The third-order valence-electron chi connectivity index (χ3n) is 12.9. The smallest absolute Gasteiger partial charge is 0.136 e. The van der Waals surface area contributed by atoms with Gasteiger partial charge < -0.3 is 13.9 Å². The highest BCUT2D eigenvalue weighted by Gasteiger charge is 2.19. The Bertz CT molecular complexity index is 3840. The van der Waals surface area contributed by atoms with Crippen LogP contribution in [0.25, 0.3) is 104 Å². The number of rotatable bonds is 6. The summed E-state index contributed by atoms with van der Waals surface area (Å²) in [6.07, 6.45) is 0. The van der Waals surface area contributed by atoms with Gasteiger partial charge in [0.05, 0.1) is 11.0 Å². The summed E-state index contributed by atoms with van der Waals surface area (Å²) >= 11 is 0. The van der Waals surface area contributed by atoms with Crippen molar-refractivity contribution < 1.29 is 4.42 Å². The van der Waals surface area contributed by atoms with E-state index in [4.69, 9.17) is 4.42 Å². The Hall–Kier alpha value is -8.40. The maximum atomic E-state index is 6.34. The Balaban J connectivity index is 0.974. The van der Waals surface area contributed by atoms with Crippen LogP contribution >= 0.6 is 0 Å². The van der Waals surface area contributed by atoms with E-state index >= 15 is 0 Å². The molecule has 0 aliphatic heterocycles. The molecule has 2 aromatic heterocycles. The molecule has 0 aliphatic rings. The summed E-state index contributed by atoms with van der Waals surface area (Å²) in [4.78, 5) is 2.40. The second-order valence-electron chi connectivity index (χ2n) is 16.5. The molecule has 0 radical (unpaired) electrons. The Morgan fingerprint density at radius 2 is 0.825 bits per heavy atom. The van der Waals surface area contributed by atoms with Gasteiger partial charge in [0, 0.05) is 44.3 Å². The molecular formula is C60H38N2O. The quantitative estimate of drug-likeness (QED) is 0.156. The van der Waals surface area contributed by atoms with Crippen LogP contribution in [0, 0.1) is 0 Å². The lowest BCUT2D eigenvalue weighted by atomic mass is 9.94. The number of aromatic nitrogens is 1. The Kier molecular flexibility index (Phi) is 7.91. The van der Waals surface area contributed by atoms with Crippen molar-refractivity contribution in [3.8, 4) is 27.9 Å². The normalized spacial score (nSPS) is 11.8. The Labute approximate surface area is 363 Å². The molecule has 2 heterocycles. The molecule has 0 N–H and O–H groups in total. The zero-order chi connectivity index (χ0) is 41.4. The summed E-state index contributed by atoms with van der Waals surface area (Å²) in [5.41, 5.74) is 13.2. The first-order chi connectivity index (χ1) is 31.2. The van der Waals surface area contributed by atoms with E-state index in [1.807, 2.05) is 12.1 Å². The standard InChI is InChI=1S/C60H38N2O/c1-2-20-49-47(18-1)48-19-3-4-21-50(48)55-38-45(34-35-51(49)55)61(43-16-12-15-41(37-43)46-25-13-29-59-60(46)54-24-7-10-28-58(54)63-59)42-32-30-39(31-33-42)40-14-11-17-44(36-40)62-56-26-8-5-22-52(56)53-23-6-9-27-57(53)62/h1-38H. The number of hydrogen-bond acceptors (Lipinski definition) is 2. The topological polar surface area (TPSA) is 21.3 Å². The fourth-order valence-electron chi connectivity index (χ4n) is 10.1. The van der Waals surface area contributed by atoms with Crippen LogP contribution in [0.2, 0.25) is 0 Å². The predicted molar refractivity (Wildman–Crippen MR) is 266 cm³/mol. The lowest BCUT2D eigenvalue weighted by molar-refractivity contribution is 0.669. The molecule has 0 atom stereocenters. The van der Waals surface area contributed by atoms with Gasteiger partial charge in [-0.25, -0.2) is 0 Å². The largest absolute Gasteiger partial charge is 0.456 e. The molecule has 294 valence electrons. The first-order valence-corrected chi connectivity index (χ1v) is 21.6. The second kappa shape index (κ2) is 14.1. The predicted octanol–water partition coefficient (Wildman–Crippen LogP) is 16.9. The van der Waals surface area contributed by atoms with E-state index in [0.717, 1.165) is 61.4 Å². The summed E-state index contributed by atoms with van der Waals surface area (Å²) in [5, 5.41) is 12.3. The Morgan fingerprint density at radius 3 is 1.54 bits per heavy atom. The Morgan fingerprint density at radius 1 is 0.302 bits per heavy atom. The molecule has 13 rings (SSSR count). The third kappa shape index (κ3) is 5.60. The van der Waals surface area contributed by atoms with E-state index < -0.39 is 0 Å². The number of anilines is 3. The number of hydrogen-bond donors (Lipinski definition) is 0. The highest BCUT2D eigenvalue weighted by molar-refractivity contribution is 6.26. The molecule has 3 nitrogen and oxygen atoms in total. The molecule has 0 saturated heterocycles. The van der Waals surface area contributed by atoms with Gasteiger partial charge in [-0.2, -0.15) is 0 Å². The van der Waals surface area contributed by atoms with Gasteiger partial charge in [-0.1, -0.05) is 158 Å². The van der Waals surface area contributed by atoms with Crippen molar-refractivity contribution in [3.05, 3.63) is 231 Å². The molecule has 13 aromatic rings. The third-order valence-corrected chi connectivity index (χ3v) is 12.9. The maximum absolute atomic E-state index is 6.34. The van der Waals surface area contributed by atoms with Crippen LogP contribution < -0.4 is 4.90 Å². The lowest BCUT2D eigenvalue weighted by Gasteiger charge is -2.27. The molecule has 0 bridgehead atoms. The minimum absolute atomic E-state index is 0.891. The summed E-state index contributed by atoms with van der Waals surface area (Å²) < 4.78 is 8.73. The highest BCUT2D eigenvalue weighted by atomic mass is 16.3. The van der Waals surface area contributed by atoms with Gasteiger partial charge in [0.1, 0.15) is 11.2 Å². The number of para-hydroxylation sites is 3. The van der Waals surface area contributed by atoms with E-state index in [2.05, 4.69) is 228 Å². The minimum Gasteiger partial charge on any atom is -0.456 e. The molecular weight excluding hydrogens is 765 g/mol. The molecule has 0 unspecified atom stereocenters. The lowest BCUT2D eigenvalue weighted by Crippen LogP contribution is -2.10. The van der Waals surface area contributed by atoms with Gasteiger partial charge in [-0.05, 0) is 127 Å². The molecule has 0 aliphatic carbocycles. The zero-order valence-electron chi connectivity index (χ0n) is 34.2. The van der Waals surface area contributed by atoms with Gasteiger partial charge in [-0.15, -0.1) is 0 Å². The summed E-state index contributed by atoms with van der Waals surface area (Å²) in [6.45, 7) is 0. The van der Waals surface area contributed by atoms with E-state index in [1.54, 1.807) is 0 Å². The molecule has 3 heteroatoms. The van der Waals surface area contributed by atoms with Gasteiger partial charge >= 0.3 is 0 Å². The van der Waals surface area contributed by atoms with Crippen molar-refractivity contribution >= 4 is 93.1 Å². The number of furan rings is 1. The van der Waals surface area contributed by atoms with Crippen LogP contribution in [-0.4, -0.2) is 4.57 Å². The van der Waals surface area contributed by atoms with Crippen LogP contribution in [0.5, 0.6) is 0 Å². The highest BCUT2D eigenvalue weighted by Crippen LogP contribution is 2.44. The molecule has 11 aromatic carbocycles. The second-order valence-corrected chi connectivity index (χ2v) is 16.5. The van der Waals surface area contributed by atoms with Gasteiger partial charge in [0.25, 0.3) is 0 Å². The van der Waals surface area contributed by atoms with E-state index in [1.165, 1.54) is 59.7 Å². The van der Waals surface area contributed by atoms with E-state index in [-0.39, 0.29) is 0 Å². The molecule has 0 spiro atoms. The first kappa shape index (κ1) is 35.4. The van der Waals surface area contributed by atoms with Gasteiger partial charge in [0.15, 0.2) is 0 Å². The average molecular weight is 803 g/mol. The monoisotopic (exact) mass is 802 g/mol. The van der Waals surface area contributed by atoms with Crippen molar-refractivity contribution in [2.45, 2.75) is 0 Å². The molecule has 0 fully saturated rings. The van der Waals surface area contributed by atoms with E-state index in [0.29, 0.717) is 0 Å². The summed E-state index contributed by atoms with van der Waals surface area (Å²) in [6, 6.07) is 83.6. The number of benzene rings is 11. The van der Waals surface area contributed by atoms with E-state index in [9.17, 15) is 0 Å². The number of nitrogens with zero attached hydrogens (tertiary/aromatic N) is 2. The van der Waals surface area contributed by atoms with Crippen molar-refractivity contribution in [2.75, 3.05) is 4.90 Å². The van der Waals surface area contributed by atoms with Gasteiger partial charge in [-0.3, -0.25) is 0 Å². The summed E-state index contributed by atoms with van der Waals surface area (Å²) in [5.74, 6) is 0. The summed E-state index contributed by atoms with van der Waals surface area (Å²) in [7, 11) is 0. The van der Waals surface area contributed by atoms with Crippen molar-refractivity contribution in [3.63, 3.8) is 0 Å². The number of fused-ring (bicyclic) bond motifs is 12. The van der Waals surface area contributed by atoms with Crippen LogP contribution in [0.1, 0.15) is 0 Å². The van der Waals surface area contributed by atoms with Crippen molar-refractivity contribution in [1.29, 1.82) is 0 Å². The van der Waals surface area contributed by atoms with Crippen molar-refractivity contribution in [1.82, 2.24) is 4.57 Å². The van der Waals surface area contributed by atoms with Gasteiger partial charge in [0.2, 0.25) is 0 Å². The minimum atomic E-state index is 0.891. The van der Waals surface area contributed by atoms with Crippen LogP contribution in [0.3, 0.4) is 0 Å². The SMILES string of the molecule is c1cc(-c2cccc3oc4ccccc4c23)cc(N(c2ccc(-c3cccc(-n4c5ccccc5c5ccccc54)c3)cc2)c2ccc3c4ccccc4c4ccccc4c3c2)c1. The fraction of sp³-hybridized carbons (Fsp3) is 0. The first-order valence-electron chi connectivity index (χ1n) is 21.6. The molecule has 0 amide bonds. The average Bonchev–Trinajstić information content (AvgIpc) is 3.91.